The quantitative estimate of drug-likeness (QED) is 0.524. The first-order valence-corrected chi connectivity index (χ1v) is 4.49. The van der Waals surface area contributed by atoms with Crippen molar-refractivity contribution in [1.82, 2.24) is 0 Å². The molecule has 1 nitrogen and oxygen atoms in total. The van der Waals surface area contributed by atoms with Crippen LogP contribution in [0.5, 0.6) is 0 Å². The molecular formula is C10H20O. The van der Waals surface area contributed by atoms with Gasteiger partial charge in [-0.25, -0.2) is 0 Å². The molecule has 1 heterocycles. The van der Waals surface area contributed by atoms with Gasteiger partial charge in [0.2, 0.25) is 0 Å². The minimum absolute atomic E-state index is 0.123. The lowest BCUT2D eigenvalue weighted by molar-refractivity contribution is -0.0604. The maximum atomic E-state index is 5.91. The first-order chi connectivity index (χ1) is 4.81. The summed E-state index contributed by atoms with van der Waals surface area (Å²) in [4.78, 5) is 0. The predicted octanol–water partition coefficient (Wildman–Crippen LogP) is 2.99. The molecule has 0 aliphatic carbocycles. The molecule has 0 aromatic heterocycles. The van der Waals surface area contributed by atoms with E-state index in [4.69, 9.17) is 4.74 Å². The molecule has 0 N–H and O–H groups in total. The summed E-state index contributed by atoms with van der Waals surface area (Å²) in [6, 6.07) is 0. The first kappa shape index (κ1) is 9.05. The van der Waals surface area contributed by atoms with Gasteiger partial charge in [-0.2, -0.15) is 0 Å². The van der Waals surface area contributed by atoms with Crippen molar-refractivity contribution in [2.45, 2.75) is 59.2 Å². The molecular weight excluding hydrogens is 136 g/mol. The van der Waals surface area contributed by atoms with Crippen molar-refractivity contribution in [2.75, 3.05) is 0 Å². The Bertz CT molecular complexity index is 141. The van der Waals surface area contributed by atoms with E-state index in [0.717, 1.165) is 0 Å². The van der Waals surface area contributed by atoms with Gasteiger partial charge in [0.1, 0.15) is 0 Å². The summed E-state index contributed by atoms with van der Waals surface area (Å²) < 4.78 is 5.91. The number of rotatable bonds is 0. The number of ether oxygens (including phenoxy) is 1. The maximum Gasteiger partial charge on any atom is 0.0631 e. The molecule has 0 radical (unpaired) electrons. The lowest BCUT2D eigenvalue weighted by Gasteiger charge is -2.29. The monoisotopic (exact) mass is 156 g/mol. The van der Waals surface area contributed by atoms with E-state index in [9.17, 15) is 0 Å². The van der Waals surface area contributed by atoms with Gasteiger partial charge in [-0.15, -0.1) is 0 Å². The molecule has 0 unspecified atom stereocenters. The highest BCUT2D eigenvalue weighted by molar-refractivity contribution is 4.86. The molecule has 1 atom stereocenters. The normalized spacial score (nSPS) is 30.8. The van der Waals surface area contributed by atoms with Crippen molar-refractivity contribution >= 4 is 0 Å². The highest BCUT2D eigenvalue weighted by atomic mass is 16.5. The molecule has 0 amide bonds. The van der Waals surface area contributed by atoms with Gasteiger partial charge in [-0.05, 0) is 32.1 Å². The van der Waals surface area contributed by atoms with Crippen LogP contribution in [0.4, 0.5) is 0 Å². The topological polar surface area (TPSA) is 9.23 Å². The summed E-state index contributed by atoms with van der Waals surface area (Å²) in [6.45, 7) is 11.1. The first-order valence-electron chi connectivity index (χ1n) is 4.49. The van der Waals surface area contributed by atoms with Crippen molar-refractivity contribution in [3.63, 3.8) is 0 Å². The molecule has 0 aromatic carbocycles. The third kappa shape index (κ3) is 2.19. The summed E-state index contributed by atoms with van der Waals surface area (Å²) in [5.74, 6) is 0. The molecule has 0 bridgehead atoms. The second kappa shape index (κ2) is 2.48. The summed E-state index contributed by atoms with van der Waals surface area (Å²) in [7, 11) is 0. The Balaban J connectivity index is 2.55. The summed E-state index contributed by atoms with van der Waals surface area (Å²) in [6.07, 6.45) is 2.88. The fourth-order valence-electron chi connectivity index (χ4n) is 1.59. The Morgan fingerprint density at radius 3 is 2.00 bits per heavy atom. The Morgan fingerprint density at radius 1 is 1.27 bits per heavy atom. The smallest absolute Gasteiger partial charge is 0.0631 e. The SMILES string of the molecule is CC1(C)CC[C@@H](C(C)(C)C)O1. The minimum atomic E-state index is 0.123. The number of hydrogen-bond acceptors (Lipinski definition) is 1. The summed E-state index contributed by atoms with van der Waals surface area (Å²) >= 11 is 0. The van der Waals surface area contributed by atoms with Gasteiger partial charge < -0.3 is 4.74 Å². The standard InChI is InChI=1S/C10H20O/c1-9(2,3)8-6-7-10(4,5)11-8/h8H,6-7H2,1-5H3/t8-/m0/s1. The second-order valence-corrected chi connectivity index (χ2v) is 5.27. The van der Waals surface area contributed by atoms with E-state index in [0.29, 0.717) is 11.5 Å². The molecule has 0 saturated carbocycles. The second-order valence-electron chi connectivity index (χ2n) is 5.27. The molecule has 1 rings (SSSR count). The van der Waals surface area contributed by atoms with E-state index in [1.54, 1.807) is 0 Å². The van der Waals surface area contributed by atoms with E-state index in [1.807, 2.05) is 0 Å². The lowest BCUT2D eigenvalue weighted by Crippen LogP contribution is -2.29. The van der Waals surface area contributed by atoms with Crippen molar-refractivity contribution in [3.05, 3.63) is 0 Å². The zero-order valence-electron chi connectivity index (χ0n) is 8.40. The van der Waals surface area contributed by atoms with Crippen molar-refractivity contribution in [2.24, 2.45) is 5.41 Å². The molecule has 1 saturated heterocycles. The molecule has 0 spiro atoms. The van der Waals surface area contributed by atoms with Gasteiger partial charge in [-0.3, -0.25) is 0 Å². The van der Waals surface area contributed by atoms with Gasteiger partial charge in [-0.1, -0.05) is 20.8 Å². The molecule has 66 valence electrons. The zero-order valence-corrected chi connectivity index (χ0v) is 8.40. The lowest BCUT2D eigenvalue weighted by atomic mass is 9.87. The number of hydrogen-bond donors (Lipinski definition) is 0. The van der Waals surface area contributed by atoms with Gasteiger partial charge in [0.25, 0.3) is 0 Å². The van der Waals surface area contributed by atoms with Gasteiger partial charge in [0, 0.05) is 0 Å². The predicted molar refractivity (Wildman–Crippen MR) is 47.6 cm³/mol. The van der Waals surface area contributed by atoms with Crippen LogP contribution < -0.4 is 0 Å². The average molecular weight is 156 g/mol. The minimum Gasteiger partial charge on any atom is -0.372 e. The van der Waals surface area contributed by atoms with Crippen molar-refractivity contribution in [3.8, 4) is 0 Å². The Morgan fingerprint density at radius 2 is 1.82 bits per heavy atom. The Hall–Kier alpha value is -0.0400. The fraction of sp³-hybridized carbons (Fsp3) is 1.00. The van der Waals surface area contributed by atoms with E-state index in [1.165, 1.54) is 12.8 Å². The van der Waals surface area contributed by atoms with Gasteiger partial charge in [0.15, 0.2) is 0 Å². The summed E-state index contributed by atoms with van der Waals surface area (Å²) in [5.41, 5.74) is 0.436. The third-order valence-corrected chi connectivity index (χ3v) is 2.44. The van der Waals surface area contributed by atoms with Crippen LogP contribution in [0.3, 0.4) is 0 Å². The van der Waals surface area contributed by atoms with Crippen LogP contribution in [0.15, 0.2) is 0 Å². The van der Waals surface area contributed by atoms with Crippen LogP contribution in [0, 0.1) is 5.41 Å². The van der Waals surface area contributed by atoms with Crippen molar-refractivity contribution in [1.29, 1.82) is 0 Å². The van der Waals surface area contributed by atoms with Crippen LogP contribution in [0.1, 0.15) is 47.5 Å². The van der Waals surface area contributed by atoms with Crippen LogP contribution in [-0.2, 0) is 4.74 Å². The third-order valence-electron chi connectivity index (χ3n) is 2.44. The van der Waals surface area contributed by atoms with Crippen LogP contribution >= 0.6 is 0 Å². The van der Waals surface area contributed by atoms with E-state index in [2.05, 4.69) is 34.6 Å². The maximum absolute atomic E-state index is 5.91. The van der Waals surface area contributed by atoms with E-state index < -0.39 is 0 Å². The summed E-state index contributed by atoms with van der Waals surface area (Å²) in [5, 5.41) is 0. The van der Waals surface area contributed by atoms with Gasteiger partial charge in [0.05, 0.1) is 11.7 Å². The van der Waals surface area contributed by atoms with Crippen LogP contribution in [0.25, 0.3) is 0 Å². The Labute approximate surface area is 70.1 Å². The average Bonchev–Trinajstić information content (AvgIpc) is 2.07. The van der Waals surface area contributed by atoms with E-state index in [-0.39, 0.29) is 5.60 Å². The van der Waals surface area contributed by atoms with Crippen molar-refractivity contribution < 1.29 is 4.74 Å². The highest BCUT2D eigenvalue weighted by Crippen LogP contribution is 2.38. The van der Waals surface area contributed by atoms with Gasteiger partial charge >= 0.3 is 0 Å². The molecule has 0 aromatic rings. The molecule has 1 fully saturated rings. The molecule has 1 aliphatic heterocycles. The molecule has 1 aliphatic rings. The van der Waals surface area contributed by atoms with Crippen LogP contribution in [-0.4, -0.2) is 11.7 Å². The Kier molecular flexibility index (Phi) is 2.04. The van der Waals surface area contributed by atoms with E-state index >= 15 is 0 Å². The highest BCUT2D eigenvalue weighted by Gasteiger charge is 2.37. The zero-order chi connectivity index (χ0) is 8.70. The molecule has 11 heavy (non-hydrogen) atoms. The molecule has 1 heteroatoms. The largest absolute Gasteiger partial charge is 0.372 e. The van der Waals surface area contributed by atoms with Crippen LogP contribution in [0.2, 0.25) is 0 Å². The fourth-order valence-corrected chi connectivity index (χ4v) is 1.59.